The van der Waals surface area contributed by atoms with Gasteiger partial charge in [0.1, 0.15) is 0 Å². The molecule has 0 bridgehead atoms. The molecule has 7 heteroatoms. The van der Waals surface area contributed by atoms with Crippen molar-refractivity contribution in [3.05, 3.63) is 18.7 Å². The quantitative estimate of drug-likeness (QED) is 0.434. The number of aromatic nitrogens is 2. The van der Waals surface area contributed by atoms with Crippen molar-refractivity contribution in [2.24, 2.45) is 0 Å². The minimum absolute atomic E-state index is 0.259. The van der Waals surface area contributed by atoms with Gasteiger partial charge in [-0.3, -0.25) is 9.36 Å². The van der Waals surface area contributed by atoms with Gasteiger partial charge in [-0.1, -0.05) is 0 Å². The first-order valence-corrected chi connectivity index (χ1v) is 4.77. The largest absolute Gasteiger partial charge is 0.436 e. The average molecular weight is 191 g/mol. The van der Waals surface area contributed by atoms with Crippen molar-refractivity contribution in [1.29, 1.82) is 0 Å². The van der Waals surface area contributed by atoms with E-state index in [2.05, 4.69) is 4.98 Å². The van der Waals surface area contributed by atoms with Gasteiger partial charge in [-0.2, -0.15) is 14.7 Å². The summed E-state index contributed by atoms with van der Waals surface area (Å²) in [5.74, 6) is -1.35. The summed E-state index contributed by atoms with van der Waals surface area (Å²) >= 11 is 0. The lowest BCUT2D eigenvalue weighted by molar-refractivity contribution is -0.109. The third-order valence-corrected chi connectivity index (χ3v) is 2.41. The van der Waals surface area contributed by atoms with E-state index in [1.54, 1.807) is 0 Å². The maximum absolute atomic E-state index is 10.3. The summed E-state index contributed by atoms with van der Waals surface area (Å²) in [5, 5.41) is 0. The summed E-state index contributed by atoms with van der Waals surface area (Å²) in [4.78, 5) is 40.3. The minimum atomic E-state index is -4.16. The molecule has 66 valence electrons. The third-order valence-electron chi connectivity index (χ3n) is 1.31. The van der Waals surface area contributed by atoms with Crippen LogP contribution in [0.1, 0.15) is 5.78 Å². The molecular weight excluding hydrogens is 183 g/mol. The van der Waals surface area contributed by atoms with Crippen LogP contribution in [0.5, 0.6) is 0 Å². The third kappa shape index (κ3) is 1.86. The van der Waals surface area contributed by atoms with Crippen LogP contribution in [0.2, 0.25) is 0 Å². The Labute approximate surface area is 68.7 Å². The summed E-state index contributed by atoms with van der Waals surface area (Å²) in [5.41, 5.74) is 0. The van der Waals surface area contributed by atoms with Gasteiger partial charge in [0, 0.05) is 12.4 Å². The van der Waals surface area contributed by atoms with E-state index < -0.39 is 13.7 Å². The summed E-state index contributed by atoms with van der Waals surface area (Å²) < 4.78 is 1.13. The Morgan fingerprint density at radius 2 is 2.17 bits per heavy atom. The van der Waals surface area contributed by atoms with Crippen LogP contribution in [0.3, 0.4) is 0 Å². The molecule has 0 saturated heterocycles. The summed E-state index contributed by atoms with van der Waals surface area (Å²) in [6.07, 6.45) is 4.20. The molecule has 1 aromatic rings. The van der Waals surface area contributed by atoms with Crippen LogP contribution in [-0.2, 0) is 4.79 Å². The molecule has 6 nitrogen and oxygen atoms in total. The molecule has 1 heterocycles. The zero-order valence-electron chi connectivity index (χ0n) is 5.98. The van der Waals surface area contributed by atoms with Gasteiger partial charge in [-0.05, 0) is 0 Å². The predicted molar refractivity (Wildman–Crippen MR) is 40.9 cm³/mol. The molecule has 0 aromatic carbocycles. The molecule has 0 aliphatic rings. The summed E-state index contributed by atoms with van der Waals surface area (Å²) in [7, 11) is -4.16. The highest BCUT2D eigenvalue weighted by molar-refractivity contribution is 7.59. The van der Waals surface area contributed by atoms with E-state index in [-0.39, 0.29) is 6.29 Å². The Morgan fingerprint density at radius 3 is 2.50 bits per heavy atom. The van der Waals surface area contributed by atoms with Gasteiger partial charge in [-0.25, -0.2) is 4.98 Å². The molecule has 0 saturated carbocycles. The Kier molecular flexibility index (Phi) is 2.54. The molecular formula is C5H8N2O4P+. The van der Waals surface area contributed by atoms with Gasteiger partial charge >= 0.3 is 7.94 Å². The standard InChI is InChI=1S/C5H8N2O4P/c8-3-5(12(9,10)11)7-2-1-6-4-7/h1-5,9-11H/q+1. The van der Waals surface area contributed by atoms with Gasteiger partial charge in [0.15, 0.2) is 6.29 Å². The van der Waals surface area contributed by atoms with Crippen molar-refractivity contribution in [2.75, 3.05) is 0 Å². The lowest BCUT2D eigenvalue weighted by atomic mass is 10.7. The van der Waals surface area contributed by atoms with Crippen LogP contribution in [0.15, 0.2) is 18.7 Å². The predicted octanol–water partition coefficient (Wildman–Crippen LogP) is -0.680. The number of imidazole rings is 1. The van der Waals surface area contributed by atoms with Crippen molar-refractivity contribution in [1.82, 2.24) is 9.55 Å². The smallest absolute Gasteiger partial charge is 0.296 e. The molecule has 0 fully saturated rings. The van der Waals surface area contributed by atoms with Crippen LogP contribution in [0.4, 0.5) is 0 Å². The highest BCUT2D eigenvalue weighted by Gasteiger charge is 2.44. The van der Waals surface area contributed by atoms with E-state index in [4.69, 9.17) is 14.7 Å². The van der Waals surface area contributed by atoms with Crippen molar-refractivity contribution in [3.63, 3.8) is 0 Å². The molecule has 0 radical (unpaired) electrons. The fourth-order valence-electron chi connectivity index (χ4n) is 0.757. The molecule has 0 spiro atoms. The van der Waals surface area contributed by atoms with Crippen molar-refractivity contribution < 1.29 is 19.5 Å². The van der Waals surface area contributed by atoms with Gasteiger partial charge in [0.25, 0.3) is 5.78 Å². The first-order chi connectivity index (χ1) is 5.55. The Morgan fingerprint density at radius 1 is 1.50 bits per heavy atom. The van der Waals surface area contributed by atoms with Crippen LogP contribution in [0.25, 0.3) is 0 Å². The van der Waals surface area contributed by atoms with Crippen molar-refractivity contribution >= 4 is 14.2 Å². The second-order valence-electron chi connectivity index (χ2n) is 2.17. The van der Waals surface area contributed by atoms with Gasteiger partial charge in [0.05, 0.1) is 6.33 Å². The number of rotatable bonds is 3. The second-order valence-corrected chi connectivity index (χ2v) is 3.93. The van der Waals surface area contributed by atoms with Gasteiger partial charge in [0.2, 0.25) is 0 Å². The molecule has 1 rings (SSSR count). The number of nitrogens with zero attached hydrogens (tertiary/aromatic N) is 2. The van der Waals surface area contributed by atoms with E-state index in [0.717, 1.165) is 4.57 Å². The number of carbonyl (C=O) groups is 1. The molecule has 0 amide bonds. The molecule has 3 N–H and O–H groups in total. The normalized spacial score (nSPS) is 14.2. The Hall–Kier alpha value is -0.810. The van der Waals surface area contributed by atoms with E-state index >= 15 is 0 Å². The topological polar surface area (TPSA) is 95.6 Å². The van der Waals surface area contributed by atoms with Gasteiger partial charge in [-0.15, -0.1) is 0 Å². The monoisotopic (exact) mass is 191 g/mol. The SMILES string of the molecule is O=CC(n1ccnc1)[P+](O)(O)O. The average Bonchev–Trinajstić information content (AvgIpc) is 2.38. The summed E-state index contributed by atoms with van der Waals surface area (Å²) in [6.45, 7) is 0. The number of hydrogen-bond acceptors (Lipinski definition) is 5. The van der Waals surface area contributed by atoms with Crippen molar-refractivity contribution in [2.45, 2.75) is 5.78 Å². The van der Waals surface area contributed by atoms with Crippen LogP contribution in [0, 0.1) is 0 Å². The Bertz CT molecular complexity index is 255. The molecule has 0 aliphatic heterocycles. The number of hydrogen-bond donors (Lipinski definition) is 3. The molecule has 1 aromatic heterocycles. The maximum atomic E-state index is 10.3. The molecule has 0 aliphatic carbocycles. The van der Waals surface area contributed by atoms with Crippen LogP contribution < -0.4 is 0 Å². The summed E-state index contributed by atoms with van der Waals surface area (Å²) in [6, 6.07) is 0. The van der Waals surface area contributed by atoms with Crippen molar-refractivity contribution in [3.8, 4) is 0 Å². The van der Waals surface area contributed by atoms with Gasteiger partial charge < -0.3 is 0 Å². The highest BCUT2D eigenvalue weighted by Crippen LogP contribution is 2.55. The zero-order chi connectivity index (χ0) is 9.19. The maximum Gasteiger partial charge on any atom is 0.436 e. The lowest BCUT2D eigenvalue weighted by Crippen LogP contribution is -2.12. The lowest BCUT2D eigenvalue weighted by Gasteiger charge is -2.11. The van der Waals surface area contributed by atoms with E-state index in [1.165, 1.54) is 18.7 Å². The second kappa shape index (κ2) is 3.28. The zero-order valence-corrected chi connectivity index (χ0v) is 6.87. The fourth-order valence-corrected chi connectivity index (χ4v) is 1.41. The van der Waals surface area contributed by atoms with Crippen LogP contribution in [-0.4, -0.2) is 30.5 Å². The minimum Gasteiger partial charge on any atom is -0.296 e. The van der Waals surface area contributed by atoms with E-state index in [1.807, 2.05) is 0 Å². The Balaban J connectivity index is 2.91. The molecule has 12 heavy (non-hydrogen) atoms. The number of carbonyl (C=O) groups excluding carboxylic acids is 1. The van der Waals surface area contributed by atoms with Crippen LogP contribution >= 0.6 is 7.94 Å². The molecule has 1 unspecified atom stereocenters. The number of aldehydes is 1. The first kappa shape index (κ1) is 9.28. The van der Waals surface area contributed by atoms with E-state index in [9.17, 15) is 4.79 Å². The first-order valence-electron chi connectivity index (χ1n) is 3.05. The fraction of sp³-hybridized carbons (Fsp3) is 0.200. The van der Waals surface area contributed by atoms with E-state index in [0.29, 0.717) is 0 Å². The highest BCUT2D eigenvalue weighted by atomic mass is 31.2. The molecule has 1 atom stereocenters.